The van der Waals surface area contributed by atoms with E-state index in [1.165, 1.54) is 11.1 Å². The third-order valence-corrected chi connectivity index (χ3v) is 4.07. The molecule has 0 bridgehead atoms. The van der Waals surface area contributed by atoms with Crippen molar-refractivity contribution < 1.29 is 9.53 Å². The van der Waals surface area contributed by atoms with Crippen LogP contribution in [0.25, 0.3) is 0 Å². The molecule has 0 atom stereocenters. The first kappa shape index (κ1) is 16.1. The second-order valence-corrected chi connectivity index (χ2v) is 6.26. The average Bonchev–Trinajstić information content (AvgIpc) is 2.52. The second kappa shape index (κ2) is 7.21. The number of hydrogen-bond acceptors (Lipinski definition) is 3. The van der Waals surface area contributed by atoms with Crippen molar-refractivity contribution in [1.82, 2.24) is 5.32 Å². The molecule has 2 N–H and O–H groups in total. The molecule has 0 radical (unpaired) electrons. The predicted molar refractivity (Wildman–Crippen MR) is 92.1 cm³/mol. The summed E-state index contributed by atoms with van der Waals surface area (Å²) in [6, 6.07) is 11.0. The first-order valence-corrected chi connectivity index (χ1v) is 8.07. The number of amides is 1. The van der Waals surface area contributed by atoms with E-state index in [1.807, 2.05) is 18.2 Å². The molecular weight excluding hydrogens is 335 g/mol. The maximum absolute atomic E-state index is 11.9. The zero-order valence-corrected chi connectivity index (χ0v) is 13.9. The molecule has 0 spiro atoms. The van der Waals surface area contributed by atoms with Crippen LogP contribution in [0.4, 0.5) is 10.5 Å². The summed E-state index contributed by atoms with van der Waals surface area (Å²) in [4.78, 5) is 11.9. The molecule has 0 fully saturated rings. The van der Waals surface area contributed by atoms with Gasteiger partial charge >= 0.3 is 6.09 Å². The smallest absolute Gasteiger partial charge is 0.411 e. The summed E-state index contributed by atoms with van der Waals surface area (Å²) in [5.74, 6) is 0. The summed E-state index contributed by atoms with van der Waals surface area (Å²) in [6.07, 6.45) is 0.455. The highest BCUT2D eigenvalue weighted by Crippen LogP contribution is 2.21. The first-order valence-electron chi connectivity index (χ1n) is 7.31. The maximum Gasteiger partial charge on any atom is 0.411 e. The molecule has 23 heavy (non-hydrogen) atoms. The van der Waals surface area contributed by atoms with Gasteiger partial charge in [-0.1, -0.05) is 29.3 Å². The van der Waals surface area contributed by atoms with Gasteiger partial charge in [0, 0.05) is 22.3 Å². The van der Waals surface area contributed by atoms with Gasteiger partial charge in [-0.2, -0.15) is 0 Å². The lowest BCUT2D eigenvalue weighted by molar-refractivity contribution is 0.155. The molecule has 0 aliphatic carbocycles. The molecule has 3 rings (SSSR count). The van der Waals surface area contributed by atoms with Gasteiger partial charge < -0.3 is 10.1 Å². The summed E-state index contributed by atoms with van der Waals surface area (Å²) in [5.41, 5.74) is 4.00. The Balaban J connectivity index is 1.59. The summed E-state index contributed by atoms with van der Waals surface area (Å²) in [7, 11) is 0. The van der Waals surface area contributed by atoms with Crippen LogP contribution in [0.2, 0.25) is 10.0 Å². The van der Waals surface area contributed by atoms with Crippen LogP contribution in [0, 0.1) is 0 Å². The Morgan fingerprint density at radius 1 is 1.13 bits per heavy atom. The Labute approximate surface area is 144 Å². The summed E-state index contributed by atoms with van der Waals surface area (Å²) in [5, 5.41) is 7.09. The van der Waals surface area contributed by atoms with E-state index in [4.69, 9.17) is 27.9 Å². The lowest BCUT2D eigenvalue weighted by Gasteiger charge is -2.18. The molecule has 0 saturated heterocycles. The van der Waals surface area contributed by atoms with Crippen LogP contribution in [-0.2, 0) is 24.3 Å². The number of hydrogen-bond donors (Lipinski definition) is 2. The van der Waals surface area contributed by atoms with Crippen molar-refractivity contribution in [2.45, 2.75) is 19.6 Å². The van der Waals surface area contributed by atoms with E-state index >= 15 is 0 Å². The zero-order chi connectivity index (χ0) is 16.2. The highest BCUT2D eigenvalue weighted by molar-refractivity contribution is 6.34. The lowest BCUT2D eigenvalue weighted by atomic mass is 10.0. The van der Waals surface area contributed by atoms with E-state index < -0.39 is 6.09 Å². The van der Waals surface area contributed by atoms with E-state index in [9.17, 15) is 4.79 Å². The van der Waals surface area contributed by atoms with Crippen molar-refractivity contribution in [3.63, 3.8) is 0 Å². The number of carbonyl (C=O) groups is 1. The Morgan fingerprint density at radius 3 is 2.70 bits per heavy atom. The van der Waals surface area contributed by atoms with Crippen LogP contribution in [0.3, 0.4) is 0 Å². The largest absolute Gasteiger partial charge is 0.444 e. The van der Waals surface area contributed by atoms with Gasteiger partial charge in [0.05, 0.1) is 0 Å². The molecule has 1 amide bonds. The Hall–Kier alpha value is -1.75. The van der Waals surface area contributed by atoms with Crippen LogP contribution in [0.5, 0.6) is 0 Å². The molecule has 4 nitrogen and oxygen atoms in total. The third-order valence-electron chi connectivity index (χ3n) is 3.63. The molecule has 0 unspecified atom stereocenters. The molecule has 0 aromatic heterocycles. The predicted octanol–water partition coefficient (Wildman–Crippen LogP) is 4.39. The zero-order valence-electron chi connectivity index (χ0n) is 12.4. The van der Waals surface area contributed by atoms with Crippen molar-refractivity contribution >= 4 is 35.0 Å². The summed E-state index contributed by atoms with van der Waals surface area (Å²) >= 11 is 11.8. The fraction of sp³-hybridized carbons (Fsp3) is 0.235. The quantitative estimate of drug-likeness (QED) is 0.862. The number of benzene rings is 2. The first-order chi connectivity index (χ1) is 11.1. The van der Waals surface area contributed by atoms with Gasteiger partial charge in [0.1, 0.15) is 6.61 Å². The van der Waals surface area contributed by atoms with Crippen LogP contribution in [0.1, 0.15) is 16.7 Å². The fourth-order valence-corrected chi connectivity index (χ4v) is 3.12. The van der Waals surface area contributed by atoms with Crippen molar-refractivity contribution in [2.24, 2.45) is 0 Å². The van der Waals surface area contributed by atoms with E-state index in [-0.39, 0.29) is 6.61 Å². The molecule has 1 heterocycles. The molecule has 2 aromatic rings. The SMILES string of the molecule is O=C(Nc1ccc2c(c1)CCNC2)OCc1cc(Cl)cc(Cl)c1. The lowest BCUT2D eigenvalue weighted by Crippen LogP contribution is -2.23. The minimum absolute atomic E-state index is 0.112. The van der Waals surface area contributed by atoms with Gasteiger partial charge in [-0.15, -0.1) is 0 Å². The van der Waals surface area contributed by atoms with Crippen molar-refractivity contribution in [2.75, 3.05) is 11.9 Å². The summed E-state index contributed by atoms with van der Waals surface area (Å²) in [6.45, 7) is 1.94. The summed E-state index contributed by atoms with van der Waals surface area (Å²) < 4.78 is 5.21. The molecular formula is C17H16Cl2N2O2. The Bertz CT molecular complexity index is 714. The highest BCUT2D eigenvalue weighted by atomic mass is 35.5. The van der Waals surface area contributed by atoms with Gasteiger partial charge in [-0.05, 0) is 60.0 Å². The monoisotopic (exact) mass is 350 g/mol. The van der Waals surface area contributed by atoms with Crippen molar-refractivity contribution in [1.29, 1.82) is 0 Å². The number of anilines is 1. The third kappa shape index (κ3) is 4.38. The fourth-order valence-electron chi connectivity index (χ4n) is 2.55. The normalized spacial score (nSPS) is 13.3. The van der Waals surface area contributed by atoms with Gasteiger partial charge in [0.15, 0.2) is 0 Å². The number of ether oxygens (including phenoxy) is 1. The van der Waals surface area contributed by atoms with Crippen LogP contribution in [-0.4, -0.2) is 12.6 Å². The van der Waals surface area contributed by atoms with Gasteiger partial charge in [-0.25, -0.2) is 4.79 Å². The number of fused-ring (bicyclic) bond motifs is 1. The molecule has 120 valence electrons. The van der Waals surface area contributed by atoms with Crippen molar-refractivity contribution in [3.05, 3.63) is 63.1 Å². The maximum atomic E-state index is 11.9. The minimum Gasteiger partial charge on any atom is -0.444 e. The number of nitrogens with one attached hydrogen (secondary N) is 2. The van der Waals surface area contributed by atoms with E-state index in [0.29, 0.717) is 10.0 Å². The Morgan fingerprint density at radius 2 is 1.91 bits per heavy atom. The van der Waals surface area contributed by atoms with E-state index in [2.05, 4.69) is 10.6 Å². The average molecular weight is 351 g/mol. The minimum atomic E-state index is -0.505. The Kier molecular flexibility index (Phi) is 5.06. The van der Waals surface area contributed by atoms with Crippen LogP contribution in [0.15, 0.2) is 36.4 Å². The van der Waals surface area contributed by atoms with E-state index in [1.54, 1.807) is 18.2 Å². The van der Waals surface area contributed by atoms with Crippen LogP contribution >= 0.6 is 23.2 Å². The standard InChI is InChI=1S/C17H16Cl2N2O2/c18-14-5-11(6-15(19)8-14)10-23-17(22)21-16-2-1-13-9-20-4-3-12(13)7-16/h1-2,5-8,20H,3-4,9-10H2,(H,21,22). The van der Waals surface area contributed by atoms with Gasteiger partial charge in [-0.3, -0.25) is 5.32 Å². The number of halogens is 2. The van der Waals surface area contributed by atoms with Gasteiger partial charge in [0.25, 0.3) is 0 Å². The number of carbonyl (C=O) groups excluding carboxylic acids is 1. The molecule has 2 aromatic carbocycles. The molecule has 6 heteroatoms. The topological polar surface area (TPSA) is 50.4 Å². The second-order valence-electron chi connectivity index (χ2n) is 5.39. The van der Waals surface area contributed by atoms with Gasteiger partial charge in [0.2, 0.25) is 0 Å². The molecule has 0 saturated carbocycles. The van der Waals surface area contributed by atoms with Crippen molar-refractivity contribution in [3.8, 4) is 0 Å². The van der Waals surface area contributed by atoms with Crippen LogP contribution < -0.4 is 10.6 Å². The molecule has 1 aliphatic heterocycles. The van der Waals surface area contributed by atoms with E-state index in [0.717, 1.165) is 30.8 Å². The number of rotatable bonds is 3. The molecule has 1 aliphatic rings. The highest BCUT2D eigenvalue weighted by Gasteiger charge is 2.11.